The summed E-state index contributed by atoms with van der Waals surface area (Å²) in [4.78, 5) is 28.3. The van der Waals surface area contributed by atoms with Crippen LogP contribution in [0.25, 0.3) is 11.0 Å². The van der Waals surface area contributed by atoms with Gasteiger partial charge in [0, 0.05) is 0 Å². The first-order valence-corrected chi connectivity index (χ1v) is 11.2. The summed E-state index contributed by atoms with van der Waals surface area (Å²) in [5.41, 5.74) is 1.84. The van der Waals surface area contributed by atoms with E-state index < -0.39 is 23.2 Å². The summed E-state index contributed by atoms with van der Waals surface area (Å²) < 4.78 is 31.1. The third-order valence-electron chi connectivity index (χ3n) is 5.27. The number of rotatable bonds is 6. The fourth-order valence-corrected chi connectivity index (χ4v) is 4.55. The maximum atomic E-state index is 13.9. The summed E-state index contributed by atoms with van der Waals surface area (Å²) >= 11 is 1.15. The van der Waals surface area contributed by atoms with E-state index in [-0.39, 0.29) is 22.3 Å². The minimum atomic E-state index is -0.862. The van der Waals surface area contributed by atoms with Crippen molar-refractivity contribution >= 4 is 33.3 Å². The zero-order valence-corrected chi connectivity index (χ0v) is 18.5. The second kappa shape index (κ2) is 8.28. The molecule has 10 heteroatoms. The van der Waals surface area contributed by atoms with Gasteiger partial charge >= 0.3 is 0 Å². The topological polar surface area (TPSA) is 94.8 Å². The summed E-state index contributed by atoms with van der Waals surface area (Å²) in [5, 5.41) is 8.24. The van der Waals surface area contributed by atoms with Crippen LogP contribution in [0.5, 0.6) is 11.5 Å². The summed E-state index contributed by atoms with van der Waals surface area (Å²) in [6, 6.07) is 7.98. The van der Waals surface area contributed by atoms with Gasteiger partial charge in [-0.15, -0.1) is 10.2 Å². The molecule has 1 aliphatic heterocycles. The number of carbonyl (C=O) groups is 1. The molecule has 1 aliphatic rings. The van der Waals surface area contributed by atoms with Crippen LogP contribution in [-0.2, 0) is 0 Å². The predicted molar refractivity (Wildman–Crippen MR) is 120 cm³/mol. The fourth-order valence-electron chi connectivity index (χ4n) is 3.97. The van der Waals surface area contributed by atoms with Crippen LogP contribution in [0.3, 0.4) is 0 Å². The number of aromatic nitrogens is 2. The molecule has 5 rings (SSSR count). The van der Waals surface area contributed by atoms with Crippen molar-refractivity contribution in [1.29, 1.82) is 0 Å². The van der Waals surface area contributed by atoms with Crippen molar-refractivity contribution in [2.24, 2.45) is 0 Å². The number of amides is 1. The van der Waals surface area contributed by atoms with Crippen LogP contribution in [0, 0.1) is 5.82 Å². The van der Waals surface area contributed by atoms with Gasteiger partial charge in [-0.25, -0.2) is 4.39 Å². The Morgan fingerprint density at radius 3 is 2.61 bits per heavy atom. The van der Waals surface area contributed by atoms with Crippen molar-refractivity contribution < 1.29 is 23.1 Å². The van der Waals surface area contributed by atoms with E-state index in [1.54, 1.807) is 18.2 Å². The van der Waals surface area contributed by atoms with Crippen LogP contribution in [0.2, 0.25) is 0 Å². The van der Waals surface area contributed by atoms with Gasteiger partial charge in [-0.3, -0.25) is 14.5 Å². The maximum absolute atomic E-state index is 13.9. The molecule has 1 atom stereocenters. The van der Waals surface area contributed by atoms with Crippen molar-refractivity contribution in [1.82, 2.24) is 10.2 Å². The average Bonchev–Trinajstić information content (AvgIpc) is 3.43. The predicted octanol–water partition coefficient (Wildman–Crippen LogP) is 4.33. The Morgan fingerprint density at radius 1 is 1.09 bits per heavy atom. The van der Waals surface area contributed by atoms with E-state index in [4.69, 9.17) is 13.9 Å². The van der Waals surface area contributed by atoms with Gasteiger partial charge in [-0.2, -0.15) is 0 Å². The SMILES string of the molecule is CCOc1ccc(C2c3c(oc4ccc(F)cc4c3=O)C(=O)N2c2nncs2)cc1OCC. The van der Waals surface area contributed by atoms with E-state index in [0.29, 0.717) is 35.4 Å². The maximum Gasteiger partial charge on any atom is 0.297 e. The van der Waals surface area contributed by atoms with Gasteiger partial charge in [0.1, 0.15) is 16.9 Å². The lowest BCUT2D eigenvalue weighted by atomic mass is 9.98. The largest absolute Gasteiger partial charge is 0.490 e. The van der Waals surface area contributed by atoms with Crippen molar-refractivity contribution in [3.05, 3.63) is 74.8 Å². The fraction of sp³-hybridized carbons (Fsp3) is 0.217. The second-order valence-electron chi connectivity index (χ2n) is 7.19. The van der Waals surface area contributed by atoms with Crippen LogP contribution < -0.4 is 19.8 Å². The number of halogens is 1. The molecule has 0 bridgehead atoms. The van der Waals surface area contributed by atoms with E-state index in [1.165, 1.54) is 22.5 Å². The van der Waals surface area contributed by atoms with E-state index >= 15 is 0 Å². The minimum Gasteiger partial charge on any atom is -0.490 e. The first-order valence-electron chi connectivity index (χ1n) is 10.3. The Hall–Kier alpha value is -3.79. The Morgan fingerprint density at radius 2 is 1.88 bits per heavy atom. The molecule has 3 heterocycles. The molecule has 0 spiro atoms. The van der Waals surface area contributed by atoms with Crippen molar-refractivity contribution in [3.63, 3.8) is 0 Å². The highest BCUT2D eigenvalue weighted by Crippen LogP contribution is 2.43. The molecule has 0 saturated heterocycles. The highest BCUT2D eigenvalue weighted by molar-refractivity contribution is 7.13. The molecule has 0 fully saturated rings. The van der Waals surface area contributed by atoms with Gasteiger partial charge in [0.2, 0.25) is 10.9 Å². The summed E-state index contributed by atoms with van der Waals surface area (Å²) in [7, 11) is 0. The Balaban J connectivity index is 1.77. The lowest BCUT2D eigenvalue weighted by molar-refractivity contribution is 0.0970. The number of anilines is 1. The van der Waals surface area contributed by atoms with Gasteiger partial charge in [0.05, 0.1) is 30.2 Å². The molecule has 8 nitrogen and oxygen atoms in total. The molecule has 2 aromatic heterocycles. The van der Waals surface area contributed by atoms with E-state index in [1.807, 2.05) is 13.8 Å². The molecule has 0 radical (unpaired) electrons. The Labute approximate surface area is 191 Å². The quantitative estimate of drug-likeness (QED) is 0.417. The third-order valence-corrected chi connectivity index (χ3v) is 5.96. The number of fused-ring (bicyclic) bond motifs is 2. The standard InChI is InChI=1S/C23H18FN3O5S/c1-3-30-16-7-5-12(9-17(16)31-4-2)19-18-20(28)14-10-13(24)6-8-15(14)32-21(18)22(29)27(19)23-26-25-11-33-23/h5-11,19H,3-4H2,1-2H3. The molecule has 0 saturated carbocycles. The molecule has 2 aromatic carbocycles. The van der Waals surface area contributed by atoms with Gasteiger partial charge in [-0.05, 0) is 49.7 Å². The molecular formula is C23H18FN3O5S. The van der Waals surface area contributed by atoms with Crippen LogP contribution in [0.1, 0.15) is 41.6 Å². The number of nitrogens with zero attached hydrogens (tertiary/aromatic N) is 3. The van der Waals surface area contributed by atoms with Crippen LogP contribution >= 0.6 is 11.3 Å². The molecule has 1 unspecified atom stereocenters. The van der Waals surface area contributed by atoms with Crippen molar-refractivity contribution in [2.75, 3.05) is 18.1 Å². The normalized spacial score (nSPS) is 15.2. The van der Waals surface area contributed by atoms with Gasteiger partial charge in [-0.1, -0.05) is 17.4 Å². The molecular weight excluding hydrogens is 449 g/mol. The lowest BCUT2D eigenvalue weighted by Crippen LogP contribution is -2.29. The first-order chi connectivity index (χ1) is 16.0. The van der Waals surface area contributed by atoms with Crippen molar-refractivity contribution in [2.45, 2.75) is 19.9 Å². The molecule has 4 aromatic rings. The highest BCUT2D eigenvalue weighted by atomic mass is 32.1. The van der Waals surface area contributed by atoms with E-state index in [9.17, 15) is 14.0 Å². The summed E-state index contributed by atoms with van der Waals surface area (Å²) in [6.45, 7) is 4.56. The number of hydrogen-bond acceptors (Lipinski definition) is 8. The molecule has 168 valence electrons. The first kappa shape index (κ1) is 21.1. The lowest BCUT2D eigenvalue weighted by Gasteiger charge is -2.23. The number of carbonyl (C=O) groups excluding carboxylic acids is 1. The number of hydrogen-bond donors (Lipinski definition) is 0. The van der Waals surface area contributed by atoms with Crippen LogP contribution in [0.15, 0.2) is 51.1 Å². The Kier molecular flexibility index (Phi) is 5.29. The van der Waals surface area contributed by atoms with Crippen molar-refractivity contribution in [3.8, 4) is 11.5 Å². The second-order valence-corrected chi connectivity index (χ2v) is 8.00. The number of benzene rings is 2. The highest BCUT2D eigenvalue weighted by Gasteiger charge is 2.45. The van der Waals surface area contributed by atoms with Crippen LogP contribution in [-0.4, -0.2) is 29.3 Å². The molecule has 0 N–H and O–H groups in total. The smallest absolute Gasteiger partial charge is 0.297 e. The average molecular weight is 467 g/mol. The molecule has 33 heavy (non-hydrogen) atoms. The van der Waals surface area contributed by atoms with Crippen LogP contribution in [0.4, 0.5) is 9.52 Å². The molecule has 0 aliphatic carbocycles. The number of ether oxygens (including phenoxy) is 2. The zero-order chi connectivity index (χ0) is 23.1. The van der Waals surface area contributed by atoms with E-state index in [2.05, 4.69) is 10.2 Å². The molecule has 1 amide bonds. The zero-order valence-electron chi connectivity index (χ0n) is 17.7. The summed E-state index contributed by atoms with van der Waals surface area (Å²) in [5.74, 6) is -0.182. The van der Waals surface area contributed by atoms with Gasteiger partial charge in [0.15, 0.2) is 16.9 Å². The summed E-state index contributed by atoms with van der Waals surface area (Å²) in [6.07, 6.45) is 0. The minimum absolute atomic E-state index is 0.0571. The third kappa shape index (κ3) is 3.43. The van der Waals surface area contributed by atoms with Gasteiger partial charge in [0.25, 0.3) is 5.91 Å². The van der Waals surface area contributed by atoms with E-state index in [0.717, 1.165) is 17.4 Å². The Bertz CT molecular complexity index is 1420. The van der Waals surface area contributed by atoms with Gasteiger partial charge < -0.3 is 13.9 Å². The monoisotopic (exact) mass is 467 g/mol.